The van der Waals surface area contributed by atoms with Crippen molar-refractivity contribution in [2.24, 2.45) is 10.4 Å². The van der Waals surface area contributed by atoms with Crippen LogP contribution in [0, 0.1) is 11.2 Å². The topological polar surface area (TPSA) is 81.6 Å². The number of hydrogen-bond donors (Lipinski definition) is 3. The van der Waals surface area contributed by atoms with Crippen LogP contribution in [-0.4, -0.2) is 55.6 Å². The van der Waals surface area contributed by atoms with Crippen LogP contribution in [0.4, 0.5) is 10.2 Å². The summed E-state index contributed by atoms with van der Waals surface area (Å²) in [5.74, 6) is 0.744. The third kappa shape index (κ3) is 5.80. The van der Waals surface area contributed by atoms with E-state index in [9.17, 15) is 9.18 Å². The Bertz CT molecular complexity index is 663. The Morgan fingerprint density at radius 3 is 2.78 bits per heavy atom. The Kier molecular flexibility index (Phi) is 7.38. The van der Waals surface area contributed by atoms with Crippen LogP contribution in [0.1, 0.15) is 34.1 Å². The van der Waals surface area contributed by atoms with Crippen LogP contribution in [0.25, 0.3) is 0 Å². The summed E-state index contributed by atoms with van der Waals surface area (Å²) in [6.07, 6.45) is 2.47. The van der Waals surface area contributed by atoms with Crippen molar-refractivity contribution < 1.29 is 9.18 Å². The van der Waals surface area contributed by atoms with Crippen molar-refractivity contribution in [2.75, 3.05) is 37.6 Å². The average molecular weight is 378 g/mol. The van der Waals surface area contributed by atoms with Crippen molar-refractivity contribution in [1.82, 2.24) is 20.9 Å². The maximum atomic E-state index is 13.9. The van der Waals surface area contributed by atoms with Crippen molar-refractivity contribution in [2.45, 2.75) is 40.2 Å². The Hall–Kier alpha value is -2.38. The van der Waals surface area contributed by atoms with Gasteiger partial charge in [0.1, 0.15) is 0 Å². The van der Waals surface area contributed by atoms with Crippen LogP contribution < -0.4 is 20.9 Å². The van der Waals surface area contributed by atoms with E-state index < -0.39 is 5.41 Å². The van der Waals surface area contributed by atoms with Crippen molar-refractivity contribution in [3.05, 3.63) is 24.1 Å². The molecule has 1 amide bonds. The molecule has 1 fully saturated rings. The van der Waals surface area contributed by atoms with Crippen LogP contribution in [0.5, 0.6) is 0 Å². The summed E-state index contributed by atoms with van der Waals surface area (Å²) < 4.78 is 13.9. The number of amides is 1. The SMILES string of the molecule is CCNC(=O)C(C)(C)CN=C(NCC)NC1CCN(c2ncccc2F)C1. The number of pyridine rings is 1. The zero-order valence-electron chi connectivity index (χ0n) is 16.7. The van der Waals surface area contributed by atoms with E-state index in [0.29, 0.717) is 31.4 Å². The zero-order chi connectivity index (χ0) is 19.9. The lowest BCUT2D eigenvalue weighted by Gasteiger charge is -2.23. The van der Waals surface area contributed by atoms with Gasteiger partial charge in [-0.1, -0.05) is 0 Å². The smallest absolute Gasteiger partial charge is 0.227 e. The van der Waals surface area contributed by atoms with Gasteiger partial charge in [0.05, 0.1) is 12.0 Å². The fraction of sp³-hybridized carbons (Fsp3) is 0.632. The molecular weight excluding hydrogens is 347 g/mol. The summed E-state index contributed by atoms with van der Waals surface area (Å²) >= 11 is 0. The van der Waals surface area contributed by atoms with Gasteiger partial charge in [0.2, 0.25) is 5.91 Å². The molecular formula is C19H31FN6O. The molecule has 0 bridgehead atoms. The van der Waals surface area contributed by atoms with Gasteiger partial charge in [-0.25, -0.2) is 9.37 Å². The molecule has 2 heterocycles. The van der Waals surface area contributed by atoms with Crippen molar-refractivity contribution in [1.29, 1.82) is 0 Å². The Morgan fingerprint density at radius 1 is 1.37 bits per heavy atom. The van der Waals surface area contributed by atoms with Gasteiger partial charge < -0.3 is 20.9 Å². The number of nitrogens with zero attached hydrogens (tertiary/aromatic N) is 3. The number of hydrogen-bond acceptors (Lipinski definition) is 4. The molecule has 1 atom stereocenters. The summed E-state index contributed by atoms with van der Waals surface area (Å²) in [5.41, 5.74) is -0.586. The van der Waals surface area contributed by atoms with Gasteiger partial charge in [-0.3, -0.25) is 9.79 Å². The molecule has 2 rings (SSSR count). The Balaban J connectivity index is 1.98. The number of nitrogens with one attached hydrogen (secondary N) is 3. The lowest BCUT2D eigenvalue weighted by Crippen LogP contribution is -2.46. The molecule has 1 unspecified atom stereocenters. The van der Waals surface area contributed by atoms with Crippen molar-refractivity contribution in [3.63, 3.8) is 0 Å². The third-order valence-electron chi connectivity index (χ3n) is 4.50. The monoisotopic (exact) mass is 378 g/mol. The number of anilines is 1. The quantitative estimate of drug-likeness (QED) is 0.495. The van der Waals surface area contributed by atoms with Gasteiger partial charge in [0, 0.05) is 38.4 Å². The molecule has 0 spiro atoms. The predicted molar refractivity (Wildman–Crippen MR) is 106 cm³/mol. The normalized spacial score (nSPS) is 17.7. The molecule has 0 saturated carbocycles. The maximum absolute atomic E-state index is 13.9. The van der Waals surface area contributed by atoms with Crippen LogP contribution in [-0.2, 0) is 4.79 Å². The molecule has 3 N–H and O–H groups in total. The van der Waals surface area contributed by atoms with E-state index in [1.165, 1.54) is 6.07 Å². The molecule has 150 valence electrons. The summed E-state index contributed by atoms with van der Waals surface area (Å²) in [6, 6.07) is 3.16. The first kappa shape index (κ1) is 20.9. The average Bonchev–Trinajstić information content (AvgIpc) is 3.09. The first-order valence-electron chi connectivity index (χ1n) is 9.56. The van der Waals surface area contributed by atoms with Gasteiger partial charge in [-0.05, 0) is 46.2 Å². The number of carbonyl (C=O) groups is 1. The van der Waals surface area contributed by atoms with E-state index in [1.807, 2.05) is 32.6 Å². The van der Waals surface area contributed by atoms with E-state index in [-0.39, 0.29) is 17.8 Å². The van der Waals surface area contributed by atoms with Gasteiger partial charge in [0.25, 0.3) is 0 Å². The summed E-state index contributed by atoms with van der Waals surface area (Å²) in [7, 11) is 0. The zero-order valence-corrected chi connectivity index (χ0v) is 16.7. The second-order valence-electron chi connectivity index (χ2n) is 7.32. The molecule has 0 radical (unpaired) electrons. The van der Waals surface area contributed by atoms with Crippen molar-refractivity contribution >= 4 is 17.7 Å². The minimum absolute atomic E-state index is 0.0118. The van der Waals surface area contributed by atoms with E-state index in [4.69, 9.17) is 0 Å². The van der Waals surface area contributed by atoms with Crippen LogP contribution in [0.2, 0.25) is 0 Å². The number of halogens is 1. The summed E-state index contributed by atoms with van der Waals surface area (Å²) in [6.45, 7) is 10.7. The van der Waals surface area contributed by atoms with Gasteiger partial charge in [0.15, 0.2) is 17.6 Å². The molecule has 1 saturated heterocycles. The lowest BCUT2D eigenvalue weighted by molar-refractivity contribution is -0.128. The second kappa shape index (κ2) is 9.53. The first-order chi connectivity index (χ1) is 12.9. The summed E-state index contributed by atoms with van der Waals surface area (Å²) in [5, 5.41) is 9.46. The maximum Gasteiger partial charge on any atom is 0.227 e. The number of carbonyl (C=O) groups excluding carboxylic acids is 1. The van der Waals surface area contributed by atoms with Crippen LogP contribution >= 0.6 is 0 Å². The van der Waals surface area contributed by atoms with E-state index in [1.54, 1.807) is 12.3 Å². The largest absolute Gasteiger partial charge is 0.357 e. The molecule has 1 aliphatic rings. The highest BCUT2D eigenvalue weighted by atomic mass is 19.1. The number of guanidine groups is 1. The Morgan fingerprint density at radius 2 is 2.11 bits per heavy atom. The standard InChI is InChI=1S/C19H31FN6O/c1-5-21-17(27)19(3,4)13-24-18(22-6-2)25-14-9-11-26(12-14)16-15(20)8-7-10-23-16/h7-8,10,14H,5-6,9,11-13H2,1-4H3,(H,21,27)(H2,22,24,25). The number of aromatic nitrogens is 1. The predicted octanol–water partition coefficient (Wildman–Crippen LogP) is 1.52. The molecule has 8 heteroatoms. The first-order valence-corrected chi connectivity index (χ1v) is 9.56. The lowest BCUT2D eigenvalue weighted by atomic mass is 9.92. The fourth-order valence-electron chi connectivity index (χ4n) is 2.94. The van der Waals surface area contributed by atoms with Gasteiger partial charge in [-0.2, -0.15) is 0 Å². The molecule has 0 aromatic carbocycles. The molecule has 1 aliphatic heterocycles. The number of rotatable bonds is 7. The molecule has 7 nitrogen and oxygen atoms in total. The highest BCUT2D eigenvalue weighted by Gasteiger charge is 2.28. The van der Waals surface area contributed by atoms with Gasteiger partial charge >= 0.3 is 0 Å². The van der Waals surface area contributed by atoms with Crippen LogP contribution in [0.3, 0.4) is 0 Å². The van der Waals surface area contributed by atoms with Gasteiger partial charge in [-0.15, -0.1) is 0 Å². The highest BCUT2D eigenvalue weighted by Crippen LogP contribution is 2.21. The summed E-state index contributed by atoms with van der Waals surface area (Å²) in [4.78, 5) is 22.8. The number of aliphatic imine (C=N–C) groups is 1. The third-order valence-corrected chi connectivity index (χ3v) is 4.50. The molecule has 1 aromatic rings. The Labute approximate surface area is 160 Å². The van der Waals surface area contributed by atoms with Crippen LogP contribution in [0.15, 0.2) is 23.3 Å². The van der Waals surface area contributed by atoms with E-state index in [0.717, 1.165) is 19.5 Å². The fourth-order valence-corrected chi connectivity index (χ4v) is 2.94. The minimum Gasteiger partial charge on any atom is -0.357 e. The minimum atomic E-state index is -0.586. The second-order valence-corrected chi connectivity index (χ2v) is 7.32. The highest BCUT2D eigenvalue weighted by molar-refractivity contribution is 5.83. The molecule has 1 aromatic heterocycles. The van der Waals surface area contributed by atoms with E-state index in [2.05, 4.69) is 25.9 Å². The van der Waals surface area contributed by atoms with Crippen molar-refractivity contribution in [3.8, 4) is 0 Å². The molecule has 27 heavy (non-hydrogen) atoms. The van der Waals surface area contributed by atoms with E-state index >= 15 is 0 Å². The molecule has 0 aliphatic carbocycles.